The summed E-state index contributed by atoms with van der Waals surface area (Å²) in [4.78, 5) is 25.8. The molecule has 4 nitrogen and oxygen atoms in total. The number of fused-ring (bicyclic) bond motifs is 1. The lowest BCUT2D eigenvalue weighted by Gasteiger charge is -2.12. The summed E-state index contributed by atoms with van der Waals surface area (Å²) in [7, 11) is 0. The van der Waals surface area contributed by atoms with E-state index in [1.807, 2.05) is 49.4 Å². The maximum absolute atomic E-state index is 12.3. The monoisotopic (exact) mass is 335 g/mol. The number of ether oxygens (including phenoxy) is 1. The van der Waals surface area contributed by atoms with Crippen LogP contribution in [-0.4, -0.2) is 29.4 Å². The zero-order valence-corrected chi connectivity index (χ0v) is 14.2. The first kappa shape index (κ1) is 17.1. The van der Waals surface area contributed by atoms with Gasteiger partial charge in [0.25, 0.3) is 11.8 Å². The molecule has 2 aromatic carbocycles. The van der Waals surface area contributed by atoms with Crippen LogP contribution in [0.4, 0.5) is 0 Å². The van der Waals surface area contributed by atoms with Crippen molar-refractivity contribution in [2.24, 2.45) is 0 Å². The molecular formula is C21H21NO3. The summed E-state index contributed by atoms with van der Waals surface area (Å²) in [5.41, 5.74) is 2.13. The van der Waals surface area contributed by atoms with Gasteiger partial charge in [0, 0.05) is 6.54 Å². The van der Waals surface area contributed by atoms with Crippen molar-refractivity contribution < 1.29 is 14.3 Å². The maximum atomic E-state index is 12.3. The lowest BCUT2D eigenvalue weighted by atomic mass is 10.1. The molecule has 0 N–H and O–H groups in total. The molecule has 0 unspecified atom stereocenters. The normalized spacial score (nSPS) is 15.0. The van der Waals surface area contributed by atoms with E-state index in [4.69, 9.17) is 4.74 Å². The largest absolute Gasteiger partial charge is 0.370 e. The van der Waals surface area contributed by atoms with Gasteiger partial charge in [0.1, 0.15) is 0 Å². The average molecular weight is 335 g/mol. The molecule has 2 aromatic rings. The molecular weight excluding hydrogens is 314 g/mol. The lowest BCUT2D eigenvalue weighted by Crippen LogP contribution is -2.30. The van der Waals surface area contributed by atoms with Gasteiger partial charge >= 0.3 is 0 Å². The third-order valence-corrected chi connectivity index (χ3v) is 4.16. The number of carbonyl (C=O) groups is 2. The highest BCUT2D eigenvalue weighted by Gasteiger charge is 2.34. The van der Waals surface area contributed by atoms with Crippen LogP contribution < -0.4 is 0 Å². The number of imide groups is 1. The van der Waals surface area contributed by atoms with Crippen molar-refractivity contribution in [2.75, 3.05) is 6.54 Å². The fraction of sp³-hybridized carbons (Fsp3) is 0.238. The Bertz CT molecular complexity index is 748. The van der Waals surface area contributed by atoms with E-state index in [0.717, 1.165) is 5.56 Å². The van der Waals surface area contributed by atoms with Gasteiger partial charge in [-0.15, -0.1) is 0 Å². The van der Waals surface area contributed by atoms with Gasteiger partial charge in [-0.05, 0) is 31.0 Å². The fourth-order valence-electron chi connectivity index (χ4n) is 2.79. The van der Waals surface area contributed by atoms with Crippen molar-refractivity contribution in [2.45, 2.75) is 26.1 Å². The Morgan fingerprint density at radius 2 is 1.56 bits per heavy atom. The van der Waals surface area contributed by atoms with Crippen molar-refractivity contribution in [3.05, 3.63) is 83.4 Å². The molecule has 0 fully saturated rings. The molecule has 0 saturated heterocycles. The second kappa shape index (κ2) is 7.90. The van der Waals surface area contributed by atoms with Gasteiger partial charge in [0.15, 0.2) is 0 Å². The molecule has 0 radical (unpaired) electrons. The number of nitrogens with zero attached hydrogens (tertiary/aromatic N) is 1. The van der Waals surface area contributed by atoms with Gasteiger partial charge in [-0.2, -0.15) is 0 Å². The van der Waals surface area contributed by atoms with Crippen molar-refractivity contribution in [3.8, 4) is 0 Å². The smallest absolute Gasteiger partial charge is 0.261 e. The standard InChI is InChI=1S/C21H21NO3/c1-16(25-15-17-10-3-2-4-11-17)9-7-8-14-22-20(23)18-12-5-6-13-19(18)21(22)24/h2-7,9-13,16H,8,14-15H2,1H3/b9-7+/t16-/m0/s1. The molecule has 0 aromatic heterocycles. The molecule has 1 aliphatic rings. The summed E-state index contributed by atoms with van der Waals surface area (Å²) < 4.78 is 5.76. The van der Waals surface area contributed by atoms with Crippen LogP contribution in [0.3, 0.4) is 0 Å². The van der Waals surface area contributed by atoms with Gasteiger partial charge < -0.3 is 4.74 Å². The molecule has 0 aliphatic carbocycles. The average Bonchev–Trinajstić information content (AvgIpc) is 2.89. The highest BCUT2D eigenvalue weighted by atomic mass is 16.5. The summed E-state index contributed by atoms with van der Waals surface area (Å²) >= 11 is 0. The highest BCUT2D eigenvalue weighted by molar-refractivity contribution is 6.21. The predicted molar refractivity (Wildman–Crippen MR) is 96.3 cm³/mol. The zero-order chi connectivity index (χ0) is 17.6. The van der Waals surface area contributed by atoms with Crippen LogP contribution >= 0.6 is 0 Å². The SMILES string of the molecule is C[C@@H](/C=C/CCN1C(=O)c2ccccc2C1=O)OCc1ccccc1. The fourth-order valence-corrected chi connectivity index (χ4v) is 2.79. The maximum Gasteiger partial charge on any atom is 0.261 e. The van der Waals surface area contributed by atoms with Crippen molar-refractivity contribution in [1.82, 2.24) is 4.90 Å². The van der Waals surface area contributed by atoms with E-state index in [1.165, 1.54) is 4.90 Å². The Kier molecular flexibility index (Phi) is 5.41. The Morgan fingerprint density at radius 1 is 0.960 bits per heavy atom. The lowest BCUT2D eigenvalue weighted by molar-refractivity contribution is 0.0656. The molecule has 1 atom stereocenters. The third kappa shape index (κ3) is 4.03. The second-order valence-corrected chi connectivity index (χ2v) is 6.03. The van der Waals surface area contributed by atoms with E-state index in [-0.39, 0.29) is 17.9 Å². The third-order valence-electron chi connectivity index (χ3n) is 4.16. The molecule has 1 heterocycles. The molecule has 2 amide bonds. The Labute approximate surface area is 147 Å². The van der Waals surface area contributed by atoms with Crippen LogP contribution in [0.15, 0.2) is 66.7 Å². The zero-order valence-electron chi connectivity index (χ0n) is 14.2. The molecule has 3 rings (SSSR count). The van der Waals surface area contributed by atoms with E-state index in [2.05, 4.69) is 0 Å². The summed E-state index contributed by atoms with van der Waals surface area (Å²) in [6.07, 6.45) is 4.51. The van der Waals surface area contributed by atoms with Gasteiger partial charge in [-0.25, -0.2) is 0 Å². The van der Waals surface area contributed by atoms with Crippen LogP contribution in [0.1, 0.15) is 39.6 Å². The van der Waals surface area contributed by atoms with E-state index < -0.39 is 0 Å². The Morgan fingerprint density at radius 3 is 2.20 bits per heavy atom. The molecule has 0 saturated carbocycles. The summed E-state index contributed by atoms with van der Waals surface area (Å²) in [5.74, 6) is -0.412. The van der Waals surface area contributed by atoms with Gasteiger partial charge in [-0.1, -0.05) is 54.6 Å². The molecule has 0 bridgehead atoms. The first-order chi connectivity index (χ1) is 12.2. The summed E-state index contributed by atoms with van der Waals surface area (Å²) in [6.45, 7) is 2.92. The van der Waals surface area contributed by atoms with E-state index in [1.54, 1.807) is 24.3 Å². The minimum atomic E-state index is -0.206. The van der Waals surface area contributed by atoms with Crippen LogP contribution in [0.5, 0.6) is 0 Å². The van der Waals surface area contributed by atoms with Crippen LogP contribution in [0.2, 0.25) is 0 Å². The highest BCUT2D eigenvalue weighted by Crippen LogP contribution is 2.22. The number of hydrogen-bond donors (Lipinski definition) is 0. The quantitative estimate of drug-likeness (QED) is 0.570. The molecule has 25 heavy (non-hydrogen) atoms. The summed E-state index contributed by atoms with van der Waals surface area (Å²) in [6, 6.07) is 17.0. The minimum absolute atomic E-state index is 0.0256. The number of amides is 2. The first-order valence-corrected chi connectivity index (χ1v) is 8.44. The minimum Gasteiger partial charge on any atom is -0.370 e. The Balaban J connectivity index is 1.46. The number of carbonyl (C=O) groups excluding carboxylic acids is 2. The van der Waals surface area contributed by atoms with Crippen molar-refractivity contribution in [3.63, 3.8) is 0 Å². The van der Waals surface area contributed by atoms with E-state index in [0.29, 0.717) is 30.7 Å². The Hall–Kier alpha value is -2.72. The van der Waals surface area contributed by atoms with E-state index in [9.17, 15) is 9.59 Å². The predicted octanol–water partition coefficient (Wildman–Crippen LogP) is 3.83. The van der Waals surface area contributed by atoms with Gasteiger partial charge in [0.2, 0.25) is 0 Å². The van der Waals surface area contributed by atoms with Crippen LogP contribution in [0, 0.1) is 0 Å². The van der Waals surface area contributed by atoms with Crippen LogP contribution in [-0.2, 0) is 11.3 Å². The summed E-state index contributed by atoms with van der Waals surface area (Å²) in [5, 5.41) is 0. The first-order valence-electron chi connectivity index (χ1n) is 8.44. The van der Waals surface area contributed by atoms with Gasteiger partial charge in [-0.3, -0.25) is 14.5 Å². The molecule has 4 heteroatoms. The van der Waals surface area contributed by atoms with Crippen molar-refractivity contribution >= 4 is 11.8 Å². The number of hydrogen-bond acceptors (Lipinski definition) is 3. The molecule has 128 valence electrons. The molecule has 1 aliphatic heterocycles. The van der Waals surface area contributed by atoms with E-state index >= 15 is 0 Å². The number of benzene rings is 2. The van der Waals surface area contributed by atoms with Crippen molar-refractivity contribution in [1.29, 1.82) is 0 Å². The van der Waals surface area contributed by atoms with Gasteiger partial charge in [0.05, 0.1) is 23.8 Å². The molecule has 0 spiro atoms. The van der Waals surface area contributed by atoms with Crippen LogP contribution in [0.25, 0.3) is 0 Å². The second-order valence-electron chi connectivity index (χ2n) is 6.03. The number of rotatable bonds is 7. The topological polar surface area (TPSA) is 46.6 Å².